The smallest absolute Gasteiger partial charge is 0.196 e. The highest BCUT2D eigenvalue weighted by Gasteiger charge is 2.09. The third-order valence-electron chi connectivity index (χ3n) is 5.07. The number of aryl methyl sites for hydroxylation is 1. The van der Waals surface area contributed by atoms with Gasteiger partial charge in [0.25, 0.3) is 0 Å². The van der Waals surface area contributed by atoms with Crippen LogP contribution in [0, 0.1) is 6.92 Å². The van der Waals surface area contributed by atoms with E-state index in [4.69, 9.17) is 19.2 Å². The van der Waals surface area contributed by atoms with Crippen LogP contribution < -0.4 is 24.8 Å². The van der Waals surface area contributed by atoms with E-state index < -0.39 is 0 Å². The number of rotatable bonds is 9. The van der Waals surface area contributed by atoms with Crippen LogP contribution in [0.2, 0.25) is 0 Å². The highest BCUT2D eigenvalue weighted by atomic mass is 16.5. The molecule has 9 heteroatoms. The van der Waals surface area contributed by atoms with Gasteiger partial charge in [0.1, 0.15) is 18.1 Å². The van der Waals surface area contributed by atoms with Gasteiger partial charge < -0.3 is 29.4 Å². The van der Waals surface area contributed by atoms with Crippen molar-refractivity contribution in [2.75, 3.05) is 33.2 Å². The summed E-state index contributed by atoms with van der Waals surface area (Å²) in [7, 11) is 6.82. The normalized spacial score (nSPS) is 11.2. The van der Waals surface area contributed by atoms with E-state index in [0.29, 0.717) is 30.5 Å². The number of aliphatic imine (C=N–C) groups is 1. The molecule has 0 spiro atoms. The number of nitrogens with zero attached hydrogens (tertiary/aromatic N) is 4. The summed E-state index contributed by atoms with van der Waals surface area (Å²) < 4.78 is 17.9. The van der Waals surface area contributed by atoms with Crippen LogP contribution in [-0.4, -0.2) is 48.6 Å². The number of anilines is 1. The Morgan fingerprint density at radius 1 is 0.969 bits per heavy atom. The van der Waals surface area contributed by atoms with Gasteiger partial charge in [-0.1, -0.05) is 12.1 Å². The zero-order valence-electron chi connectivity index (χ0n) is 19.2. The van der Waals surface area contributed by atoms with Crippen LogP contribution in [0.15, 0.2) is 47.5 Å². The van der Waals surface area contributed by atoms with Crippen molar-refractivity contribution >= 4 is 11.6 Å². The average molecular weight is 439 g/mol. The lowest BCUT2D eigenvalue weighted by Crippen LogP contribution is -2.32. The third kappa shape index (κ3) is 5.90. The Labute approximate surface area is 188 Å². The van der Waals surface area contributed by atoms with Gasteiger partial charge in [0, 0.05) is 25.3 Å². The number of nitrogens with one attached hydrogen (secondary N) is 2. The van der Waals surface area contributed by atoms with Gasteiger partial charge in [-0.2, -0.15) is 0 Å². The Hall–Kier alpha value is -3.75. The van der Waals surface area contributed by atoms with E-state index in [1.54, 1.807) is 21.3 Å². The molecule has 1 heterocycles. The van der Waals surface area contributed by atoms with Crippen molar-refractivity contribution in [3.8, 4) is 17.2 Å². The third-order valence-corrected chi connectivity index (χ3v) is 5.07. The molecule has 0 fully saturated rings. The molecule has 0 bridgehead atoms. The first kappa shape index (κ1) is 22.9. The summed E-state index contributed by atoms with van der Waals surface area (Å²) >= 11 is 0. The molecular formula is C23H30N6O3. The van der Waals surface area contributed by atoms with Crippen LogP contribution in [0.1, 0.15) is 17.2 Å². The summed E-state index contributed by atoms with van der Waals surface area (Å²) in [6.07, 6.45) is 0.833. The molecular weight excluding hydrogens is 408 g/mol. The minimum absolute atomic E-state index is 0.391. The molecule has 2 N–H and O–H groups in total. The Bertz CT molecular complexity index is 1050. The van der Waals surface area contributed by atoms with E-state index in [2.05, 4.69) is 33.0 Å². The van der Waals surface area contributed by atoms with Crippen molar-refractivity contribution in [3.63, 3.8) is 0 Å². The minimum Gasteiger partial charge on any atom is -0.497 e. The highest BCUT2D eigenvalue weighted by Crippen LogP contribution is 2.29. The van der Waals surface area contributed by atoms with Gasteiger partial charge >= 0.3 is 0 Å². The molecule has 0 saturated heterocycles. The maximum atomic E-state index is 5.41. The number of hydrogen-bond acceptors (Lipinski definition) is 6. The zero-order valence-corrected chi connectivity index (χ0v) is 19.2. The van der Waals surface area contributed by atoms with Gasteiger partial charge in [-0.25, -0.2) is 4.99 Å². The first-order chi connectivity index (χ1) is 15.5. The molecule has 0 radical (unpaired) electrons. The van der Waals surface area contributed by atoms with Crippen molar-refractivity contribution in [3.05, 3.63) is 59.7 Å². The topological polar surface area (TPSA) is 94.8 Å². The summed E-state index contributed by atoms with van der Waals surface area (Å²) in [4.78, 5) is 4.70. The Morgan fingerprint density at radius 2 is 1.72 bits per heavy atom. The van der Waals surface area contributed by atoms with Gasteiger partial charge in [-0.3, -0.25) is 0 Å². The average Bonchev–Trinajstić information content (AvgIpc) is 3.15. The highest BCUT2D eigenvalue weighted by molar-refractivity contribution is 5.93. The molecule has 3 rings (SSSR count). The second-order valence-corrected chi connectivity index (χ2v) is 7.11. The van der Waals surface area contributed by atoms with Gasteiger partial charge in [-0.15, -0.1) is 10.2 Å². The predicted molar refractivity (Wildman–Crippen MR) is 125 cm³/mol. The molecule has 0 aliphatic rings. The molecule has 0 saturated carbocycles. The maximum Gasteiger partial charge on any atom is 0.196 e. The van der Waals surface area contributed by atoms with Crippen molar-refractivity contribution < 1.29 is 14.2 Å². The van der Waals surface area contributed by atoms with Crippen LogP contribution in [0.25, 0.3) is 0 Å². The maximum absolute atomic E-state index is 5.41. The SMILES string of the molecule is COc1ccc(CCNC(=NCc2nnc(C)n2C)Nc2ccc(OC)c(OC)c2)cc1. The van der Waals surface area contributed by atoms with Gasteiger partial charge in [0.2, 0.25) is 0 Å². The Balaban J connectivity index is 1.72. The first-order valence-corrected chi connectivity index (χ1v) is 10.3. The predicted octanol–water partition coefficient (Wildman–Crippen LogP) is 2.95. The van der Waals surface area contributed by atoms with E-state index in [1.807, 2.05) is 48.9 Å². The summed E-state index contributed by atoms with van der Waals surface area (Å²) in [5, 5.41) is 15.0. The number of aromatic nitrogens is 3. The van der Waals surface area contributed by atoms with Crippen molar-refractivity contribution in [2.24, 2.45) is 12.0 Å². The molecule has 170 valence electrons. The molecule has 0 aliphatic heterocycles. The fourth-order valence-electron chi connectivity index (χ4n) is 3.05. The lowest BCUT2D eigenvalue weighted by molar-refractivity contribution is 0.355. The zero-order chi connectivity index (χ0) is 22.9. The molecule has 32 heavy (non-hydrogen) atoms. The van der Waals surface area contributed by atoms with Gasteiger partial charge in [-0.05, 0) is 43.2 Å². The van der Waals surface area contributed by atoms with Crippen molar-refractivity contribution in [1.29, 1.82) is 0 Å². The lowest BCUT2D eigenvalue weighted by atomic mass is 10.1. The van der Waals surface area contributed by atoms with E-state index in [1.165, 1.54) is 5.56 Å². The second-order valence-electron chi connectivity index (χ2n) is 7.11. The monoisotopic (exact) mass is 438 g/mol. The largest absolute Gasteiger partial charge is 0.497 e. The molecule has 0 amide bonds. The first-order valence-electron chi connectivity index (χ1n) is 10.3. The van der Waals surface area contributed by atoms with Crippen LogP contribution in [-0.2, 0) is 20.0 Å². The number of ether oxygens (including phenoxy) is 3. The van der Waals surface area contributed by atoms with Crippen LogP contribution in [0.5, 0.6) is 17.2 Å². The number of hydrogen-bond donors (Lipinski definition) is 2. The summed E-state index contributed by atoms with van der Waals surface area (Å²) in [6, 6.07) is 13.7. The van der Waals surface area contributed by atoms with E-state index >= 15 is 0 Å². The van der Waals surface area contributed by atoms with Crippen molar-refractivity contribution in [1.82, 2.24) is 20.1 Å². The molecule has 1 aromatic heterocycles. The molecule has 2 aromatic carbocycles. The molecule has 3 aromatic rings. The minimum atomic E-state index is 0.391. The van der Waals surface area contributed by atoms with E-state index in [0.717, 1.165) is 29.5 Å². The quantitative estimate of drug-likeness (QED) is 0.392. The molecule has 0 aliphatic carbocycles. The summed E-state index contributed by atoms with van der Waals surface area (Å²) in [5.41, 5.74) is 2.03. The summed E-state index contributed by atoms with van der Waals surface area (Å²) in [6.45, 7) is 3.00. The second kappa shape index (κ2) is 11.0. The fraction of sp³-hybridized carbons (Fsp3) is 0.348. The van der Waals surface area contributed by atoms with E-state index in [-0.39, 0.29) is 0 Å². The van der Waals surface area contributed by atoms with Gasteiger partial charge in [0.05, 0.1) is 21.3 Å². The molecule has 0 unspecified atom stereocenters. The van der Waals surface area contributed by atoms with Crippen molar-refractivity contribution in [2.45, 2.75) is 19.9 Å². The van der Waals surface area contributed by atoms with E-state index in [9.17, 15) is 0 Å². The Morgan fingerprint density at radius 3 is 2.34 bits per heavy atom. The van der Waals surface area contributed by atoms with Crippen LogP contribution >= 0.6 is 0 Å². The fourth-order valence-corrected chi connectivity index (χ4v) is 3.05. The summed E-state index contributed by atoms with van der Waals surface area (Å²) in [5.74, 6) is 4.41. The number of guanidine groups is 1. The molecule has 9 nitrogen and oxygen atoms in total. The van der Waals surface area contributed by atoms with Crippen LogP contribution in [0.4, 0.5) is 5.69 Å². The van der Waals surface area contributed by atoms with Gasteiger partial charge in [0.15, 0.2) is 23.3 Å². The Kier molecular flexibility index (Phi) is 7.91. The standard InChI is InChI=1S/C23H30N6O3/c1-16-27-28-22(29(16)2)15-25-23(24-13-12-17-6-9-19(30-3)10-7-17)26-18-8-11-20(31-4)21(14-18)32-5/h6-11,14H,12-13,15H2,1-5H3,(H2,24,25,26). The lowest BCUT2D eigenvalue weighted by Gasteiger charge is -2.15. The molecule has 0 atom stereocenters. The number of benzene rings is 2. The van der Waals surface area contributed by atoms with Crippen LogP contribution in [0.3, 0.4) is 0 Å². The number of methoxy groups -OCH3 is 3.